The topological polar surface area (TPSA) is 49.9 Å². The standard InChI is InChI=1S/C18H25ClN2O3/c1-12-7-8-15(19)16(10-12)24-13(2)17(22)21-9-5-6-14(11-21)18(23)20(3)4/h7-8,10,13-14H,5-6,9,11H2,1-4H3/t13-,14-/m1/s1. The van der Waals surface area contributed by atoms with Crippen LogP contribution in [0, 0.1) is 12.8 Å². The summed E-state index contributed by atoms with van der Waals surface area (Å²) < 4.78 is 5.77. The first-order valence-corrected chi connectivity index (χ1v) is 8.60. The van der Waals surface area contributed by atoms with Crippen LogP contribution in [0.1, 0.15) is 25.3 Å². The maximum absolute atomic E-state index is 12.7. The van der Waals surface area contributed by atoms with Gasteiger partial charge < -0.3 is 14.5 Å². The van der Waals surface area contributed by atoms with Crippen LogP contribution in [0.3, 0.4) is 0 Å². The number of halogens is 1. The predicted octanol–water partition coefficient (Wildman–Crippen LogP) is 2.74. The Morgan fingerprint density at radius 1 is 1.38 bits per heavy atom. The van der Waals surface area contributed by atoms with Crippen molar-refractivity contribution in [1.82, 2.24) is 9.80 Å². The zero-order chi connectivity index (χ0) is 17.9. The molecule has 6 heteroatoms. The Hall–Kier alpha value is -1.75. The minimum atomic E-state index is -0.641. The first kappa shape index (κ1) is 18.6. The molecule has 2 rings (SSSR count). The number of nitrogens with zero attached hydrogens (tertiary/aromatic N) is 2. The molecule has 1 aliphatic heterocycles. The van der Waals surface area contributed by atoms with Gasteiger partial charge in [-0.3, -0.25) is 9.59 Å². The number of ether oxygens (including phenoxy) is 1. The number of benzene rings is 1. The van der Waals surface area contributed by atoms with E-state index in [9.17, 15) is 9.59 Å². The summed E-state index contributed by atoms with van der Waals surface area (Å²) in [6.07, 6.45) is 1.01. The van der Waals surface area contributed by atoms with E-state index in [1.807, 2.05) is 19.1 Å². The van der Waals surface area contributed by atoms with Gasteiger partial charge in [-0.15, -0.1) is 0 Å². The van der Waals surface area contributed by atoms with Crippen molar-refractivity contribution in [2.45, 2.75) is 32.8 Å². The molecule has 2 amide bonds. The molecule has 1 fully saturated rings. The van der Waals surface area contributed by atoms with E-state index in [4.69, 9.17) is 16.3 Å². The third kappa shape index (κ3) is 4.41. The van der Waals surface area contributed by atoms with E-state index in [0.29, 0.717) is 23.9 Å². The highest BCUT2D eigenvalue weighted by atomic mass is 35.5. The number of piperidine rings is 1. The van der Waals surface area contributed by atoms with Crippen molar-refractivity contribution < 1.29 is 14.3 Å². The predicted molar refractivity (Wildman–Crippen MR) is 94.3 cm³/mol. The Kier molecular flexibility index (Phi) is 6.10. The minimum absolute atomic E-state index is 0.0720. The summed E-state index contributed by atoms with van der Waals surface area (Å²) in [6, 6.07) is 5.47. The largest absolute Gasteiger partial charge is 0.479 e. The minimum Gasteiger partial charge on any atom is -0.479 e. The first-order chi connectivity index (χ1) is 11.3. The average Bonchev–Trinajstić information content (AvgIpc) is 2.56. The second kappa shape index (κ2) is 7.88. The van der Waals surface area contributed by atoms with Crippen LogP contribution in [-0.2, 0) is 9.59 Å². The summed E-state index contributed by atoms with van der Waals surface area (Å²) in [7, 11) is 3.49. The second-order valence-corrected chi connectivity index (χ2v) is 6.96. The Labute approximate surface area is 148 Å². The van der Waals surface area contributed by atoms with Crippen molar-refractivity contribution in [3.05, 3.63) is 28.8 Å². The Morgan fingerprint density at radius 2 is 2.08 bits per heavy atom. The smallest absolute Gasteiger partial charge is 0.263 e. The lowest BCUT2D eigenvalue weighted by molar-refractivity contribution is -0.143. The number of rotatable bonds is 4. The molecule has 0 radical (unpaired) electrons. The molecule has 24 heavy (non-hydrogen) atoms. The van der Waals surface area contributed by atoms with Gasteiger partial charge in [0.15, 0.2) is 6.10 Å². The number of hydrogen-bond donors (Lipinski definition) is 0. The van der Waals surface area contributed by atoms with Gasteiger partial charge in [-0.05, 0) is 44.4 Å². The number of amides is 2. The molecule has 0 saturated carbocycles. The Balaban J connectivity index is 2.02. The molecule has 1 aliphatic rings. The quantitative estimate of drug-likeness (QED) is 0.837. The molecule has 0 aromatic heterocycles. The number of hydrogen-bond acceptors (Lipinski definition) is 3. The molecular formula is C18H25ClN2O3. The average molecular weight is 353 g/mol. The monoisotopic (exact) mass is 352 g/mol. The molecular weight excluding hydrogens is 328 g/mol. The van der Waals surface area contributed by atoms with Crippen LogP contribution in [0.4, 0.5) is 0 Å². The molecule has 1 aromatic rings. The fraction of sp³-hybridized carbons (Fsp3) is 0.556. The van der Waals surface area contributed by atoms with Crippen molar-refractivity contribution in [1.29, 1.82) is 0 Å². The van der Waals surface area contributed by atoms with Gasteiger partial charge in [0.25, 0.3) is 5.91 Å². The Bertz CT molecular complexity index is 618. The lowest BCUT2D eigenvalue weighted by atomic mass is 9.96. The lowest BCUT2D eigenvalue weighted by Gasteiger charge is -2.34. The van der Waals surface area contributed by atoms with E-state index in [-0.39, 0.29) is 17.7 Å². The first-order valence-electron chi connectivity index (χ1n) is 8.22. The molecule has 0 spiro atoms. The molecule has 5 nitrogen and oxygen atoms in total. The molecule has 0 bridgehead atoms. The van der Waals surface area contributed by atoms with Crippen LogP contribution < -0.4 is 4.74 Å². The van der Waals surface area contributed by atoms with Crippen molar-refractivity contribution in [3.8, 4) is 5.75 Å². The zero-order valence-corrected chi connectivity index (χ0v) is 15.5. The van der Waals surface area contributed by atoms with Crippen molar-refractivity contribution >= 4 is 23.4 Å². The summed E-state index contributed by atoms with van der Waals surface area (Å²) in [4.78, 5) is 28.1. The molecule has 2 atom stereocenters. The van der Waals surface area contributed by atoms with Gasteiger partial charge in [0.2, 0.25) is 5.91 Å². The summed E-state index contributed by atoms with van der Waals surface area (Å²) >= 11 is 6.13. The maximum atomic E-state index is 12.7. The van der Waals surface area contributed by atoms with Crippen LogP contribution in [0.5, 0.6) is 5.75 Å². The summed E-state index contributed by atoms with van der Waals surface area (Å²) in [5.74, 6) is 0.342. The van der Waals surface area contributed by atoms with Crippen molar-refractivity contribution in [2.75, 3.05) is 27.2 Å². The molecule has 0 unspecified atom stereocenters. The molecule has 1 saturated heterocycles. The van der Waals surface area contributed by atoms with E-state index >= 15 is 0 Å². The van der Waals surface area contributed by atoms with Gasteiger partial charge >= 0.3 is 0 Å². The highest BCUT2D eigenvalue weighted by molar-refractivity contribution is 6.32. The lowest BCUT2D eigenvalue weighted by Crippen LogP contribution is -2.48. The highest BCUT2D eigenvalue weighted by Crippen LogP contribution is 2.27. The van der Waals surface area contributed by atoms with Crippen molar-refractivity contribution in [3.63, 3.8) is 0 Å². The van der Waals surface area contributed by atoms with E-state index in [0.717, 1.165) is 18.4 Å². The van der Waals surface area contributed by atoms with E-state index in [1.165, 1.54) is 0 Å². The molecule has 0 aliphatic carbocycles. The third-order valence-corrected chi connectivity index (χ3v) is 4.57. The van der Waals surface area contributed by atoms with Crippen LogP contribution in [-0.4, -0.2) is 54.9 Å². The van der Waals surface area contributed by atoms with Crippen LogP contribution in [0.15, 0.2) is 18.2 Å². The number of carbonyl (C=O) groups excluding carboxylic acids is 2. The molecule has 1 heterocycles. The van der Waals surface area contributed by atoms with E-state index in [2.05, 4.69) is 0 Å². The maximum Gasteiger partial charge on any atom is 0.263 e. The van der Waals surface area contributed by atoms with Crippen LogP contribution >= 0.6 is 11.6 Å². The zero-order valence-electron chi connectivity index (χ0n) is 14.7. The van der Waals surface area contributed by atoms with Crippen molar-refractivity contribution in [2.24, 2.45) is 5.92 Å². The molecule has 132 valence electrons. The summed E-state index contributed by atoms with van der Waals surface area (Å²) in [5, 5.41) is 0.486. The summed E-state index contributed by atoms with van der Waals surface area (Å²) in [6.45, 7) is 4.77. The highest BCUT2D eigenvalue weighted by Gasteiger charge is 2.31. The van der Waals surface area contributed by atoms with Gasteiger partial charge in [0, 0.05) is 27.2 Å². The fourth-order valence-corrected chi connectivity index (χ4v) is 3.10. The molecule has 0 N–H and O–H groups in total. The van der Waals surface area contributed by atoms with Gasteiger partial charge in [-0.25, -0.2) is 0 Å². The SMILES string of the molecule is Cc1ccc(Cl)c(O[C@H](C)C(=O)N2CCC[C@@H](C(=O)N(C)C)C2)c1. The second-order valence-electron chi connectivity index (χ2n) is 6.55. The van der Waals surface area contributed by atoms with Gasteiger partial charge in [0.1, 0.15) is 5.75 Å². The van der Waals surface area contributed by atoms with Crippen LogP contribution in [0.25, 0.3) is 0 Å². The third-order valence-electron chi connectivity index (χ3n) is 4.26. The molecule has 1 aromatic carbocycles. The number of carbonyl (C=O) groups is 2. The Morgan fingerprint density at radius 3 is 2.75 bits per heavy atom. The van der Waals surface area contributed by atoms with Gasteiger partial charge in [-0.1, -0.05) is 17.7 Å². The normalized spacial score (nSPS) is 18.9. The van der Waals surface area contributed by atoms with Gasteiger partial charge in [0.05, 0.1) is 10.9 Å². The van der Waals surface area contributed by atoms with E-state index in [1.54, 1.807) is 36.9 Å². The number of aryl methyl sites for hydroxylation is 1. The fourth-order valence-electron chi connectivity index (χ4n) is 2.94. The number of likely N-dealkylation sites (tertiary alicyclic amines) is 1. The van der Waals surface area contributed by atoms with Gasteiger partial charge in [-0.2, -0.15) is 0 Å². The van der Waals surface area contributed by atoms with E-state index < -0.39 is 6.10 Å². The summed E-state index contributed by atoms with van der Waals surface area (Å²) in [5.41, 5.74) is 1.02. The van der Waals surface area contributed by atoms with Crippen LogP contribution in [0.2, 0.25) is 5.02 Å².